The fourth-order valence-electron chi connectivity index (χ4n) is 1.80. The van der Waals surface area contributed by atoms with Crippen LogP contribution in [-0.2, 0) is 9.47 Å². The minimum absolute atomic E-state index is 0.00285. The molecule has 5 nitrogen and oxygen atoms in total. The Morgan fingerprint density at radius 2 is 1.95 bits per heavy atom. The van der Waals surface area contributed by atoms with Gasteiger partial charge in [-0.05, 0) is 19.9 Å². The van der Waals surface area contributed by atoms with Gasteiger partial charge in [0.05, 0.1) is 19.3 Å². The van der Waals surface area contributed by atoms with E-state index in [-0.39, 0.29) is 25.4 Å². The highest BCUT2D eigenvalue weighted by atomic mass is 19.1. The molecule has 0 aliphatic rings. The van der Waals surface area contributed by atoms with Gasteiger partial charge in [-0.3, -0.25) is 0 Å². The van der Waals surface area contributed by atoms with Crippen LogP contribution in [0.1, 0.15) is 25.5 Å². The van der Waals surface area contributed by atoms with Crippen molar-refractivity contribution in [1.82, 2.24) is 0 Å². The van der Waals surface area contributed by atoms with Crippen LogP contribution in [0.2, 0.25) is 0 Å². The van der Waals surface area contributed by atoms with E-state index < -0.39 is 11.9 Å². The van der Waals surface area contributed by atoms with Crippen molar-refractivity contribution >= 4 is 0 Å². The van der Waals surface area contributed by atoms with Gasteiger partial charge < -0.3 is 25.1 Å². The van der Waals surface area contributed by atoms with Crippen molar-refractivity contribution in [3.8, 4) is 5.75 Å². The van der Waals surface area contributed by atoms with E-state index in [1.807, 2.05) is 6.92 Å². The van der Waals surface area contributed by atoms with Crippen LogP contribution >= 0.6 is 0 Å². The zero-order valence-corrected chi connectivity index (χ0v) is 12.7. The van der Waals surface area contributed by atoms with Crippen molar-refractivity contribution in [2.75, 3.05) is 26.9 Å². The minimum atomic E-state index is -0.812. The van der Waals surface area contributed by atoms with Crippen molar-refractivity contribution < 1.29 is 23.7 Å². The quantitative estimate of drug-likeness (QED) is 0.725. The van der Waals surface area contributed by atoms with Gasteiger partial charge in [0, 0.05) is 24.8 Å². The first-order chi connectivity index (χ1) is 9.93. The number of halogens is 1. The summed E-state index contributed by atoms with van der Waals surface area (Å²) in [6.07, 6.45) is -0.924. The normalized spacial score (nSPS) is 15.5. The Kier molecular flexibility index (Phi) is 7.60. The van der Waals surface area contributed by atoms with E-state index in [4.69, 9.17) is 19.9 Å². The summed E-state index contributed by atoms with van der Waals surface area (Å²) in [5.41, 5.74) is 6.49. The van der Waals surface area contributed by atoms with Gasteiger partial charge in [0.2, 0.25) is 0 Å². The third-order valence-electron chi connectivity index (χ3n) is 2.87. The second kappa shape index (κ2) is 8.94. The molecule has 0 aliphatic carbocycles. The summed E-state index contributed by atoms with van der Waals surface area (Å²) in [5.74, 6) is -0.0668. The Morgan fingerprint density at radius 1 is 1.24 bits per heavy atom. The largest absolute Gasteiger partial charge is 0.490 e. The van der Waals surface area contributed by atoms with Gasteiger partial charge in [0.25, 0.3) is 0 Å². The molecule has 1 rings (SSSR count). The van der Waals surface area contributed by atoms with Gasteiger partial charge in [-0.25, -0.2) is 4.39 Å². The molecular formula is C15H24FNO4. The van der Waals surface area contributed by atoms with Crippen molar-refractivity contribution in [1.29, 1.82) is 0 Å². The molecule has 6 heteroatoms. The molecule has 0 spiro atoms. The molecule has 120 valence electrons. The molecule has 3 atom stereocenters. The number of aliphatic hydroxyl groups excluding tert-OH is 1. The monoisotopic (exact) mass is 301 g/mol. The van der Waals surface area contributed by atoms with Crippen LogP contribution in [-0.4, -0.2) is 44.2 Å². The lowest BCUT2D eigenvalue weighted by Crippen LogP contribution is -2.27. The SMILES string of the molecule is COCC(C)OCC(O)COc1cc(F)ccc1C(C)N. The molecule has 3 unspecified atom stereocenters. The van der Waals surface area contributed by atoms with Gasteiger partial charge in [-0.2, -0.15) is 0 Å². The summed E-state index contributed by atoms with van der Waals surface area (Å²) in [5, 5.41) is 9.81. The Labute approximate surface area is 124 Å². The van der Waals surface area contributed by atoms with E-state index in [2.05, 4.69) is 0 Å². The summed E-state index contributed by atoms with van der Waals surface area (Å²) in [4.78, 5) is 0. The number of nitrogens with two attached hydrogens (primary N) is 1. The molecule has 3 N–H and O–H groups in total. The van der Waals surface area contributed by atoms with Crippen LogP contribution in [0.3, 0.4) is 0 Å². The lowest BCUT2D eigenvalue weighted by atomic mass is 10.1. The standard InChI is InChI=1S/C15H24FNO4/c1-10(7-19-3)20-8-13(18)9-21-15-6-12(16)4-5-14(15)11(2)17/h4-6,10-11,13,18H,7-9,17H2,1-3H3. The number of hydrogen-bond donors (Lipinski definition) is 2. The molecule has 1 aromatic rings. The lowest BCUT2D eigenvalue weighted by Gasteiger charge is -2.18. The molecule has 0 aromatic heterocycles. The fraction of sp³-hybridized carbons (Fsp3) is 0.600. The first-order valence-electron chi connectivity index (χ1n) is 6.90. The average molecular weight is 301 g/mol. The number of benzene rings is 1. The Balaban J connectivity index is 2.49. The summed E-state index contributed by atoms with van der Waals surface area (Å²) in [7, 11) is 1.58. The van der Waals surface area contributed by atoms with Gasteiger partial charge >= 0.3 is 0 Å². The average Bonchev–Trinajstić information content (AvgIpc) is 2.43. The number of rotatable bonds is 9. The molecule has 0 amide bonds. The van der Waals surface area contributed by atoms with Crippen LogP contribution < -0.4 is 10.5 Å². The first-order valence-corrected chi connectivity index (χ1v) is 6.90. The van der Waals surface area contributed by atoms with Crippen molar-refractivity contribution in [3.05, 3.63) is 29.6 Å². The summed E-state index contributed by atoms with van der Waals surface area (Å²) < 4.78 is 29.0. The van der Waals surface area contributed by atoms with Crippen molar-refractivity contribution in [2.45, 2.75) is 32.1 Å². The smallest absolute Gasteiger partial charge is 0.127 e. The number of aliphatic hydroxyl groups is 1. The summed E-state index contributed by atoms with van der Waals surface area (Å²) >= 11 is 0. The zero-order valence-electron chi connectivity index (χ0n) is 12.7. The fourth-order valence-corrected chi connectivity index (χ4v) is 1.80. The van der Waals surface area contributed by atoms with Gasteiger partial charge in [0.1, 0.15) is 24.3 Å². The van der Waals surface area contributed by atoms with E-state index in [1.54, 1.807) is 20.1 Å². The Hall–Kier alpha value is -1.21. The van der Waals surface area contributed by atoms with Crippen LogP contribution in [0.5, 0.6) is 5.75 Å². The highest BCUT2D eigenvalue weighted by Gasteiger charge is 2.13. The summed E-state index contributed by atoms with van der Waals surface area (Å²) in [6.45, 7) is 4.20. The van der Waals surface area contributed by atoms with Gasteiger partial charge in [-0.15, -0.1) is 0 Å². The third-order valence-corrected chi connectivity index (χ3v) is 2.87. The maximum absolute atomic E-state index is 13.3. The van der Waals surface area contributed by atoms with Crippen LogP contribution in [0, 0.1) is 5.82 Å². The number of hydrogen-bond acceptors (Lipinski definition) is 5. The maximum atomic E-state index is 13.3. The molecular weight excluding hydrogens is 277 g/mol. The van der Waals surface area contributed by atoms with E-state index in [9.17, 15) is 9.50 Å². The summed E-state index contributed by atoms with van der Waals surface area (Å²) in [6, 6.07) is 3.90. The predicted octanol–water partition coefficient (Wildman–Crippen LogP) is 1.64. The molecule has 1 aromatic carbocycles. The van der Waals surface area contributed by atoms with E-state index in [0.29, 0.717) is 17.9 Å². The van der Waals surface area contributed by atoms with Crippen LogP contribution in [0.4, 0.5) is 4.39 Å². The van der Waals surface area contributed by atoms with Crippen molar-refractivity contribution in [2.24, 2.45) is 5.73 Å². The van der Waals surface area contributed by atoms with Gasteiger partial charge in [0.15, 0.2) is 0 Å². The molecule has 21 heavy (non-hydrogen) atoms. The topological polar surface area (TPSA) is 73.9 Å². The molecule has 0 saturated heterocycles. The molecule has 0 heterocycles. The molecule has 0 radical (unpaired) electrons. The maximum Gasteiger partial charge on any atom is 0.127 e. The molecule has 0 fully saturated rings. The molecule has 0 saturated carbocycles. The number of ether oxygens (including phenoxy) is 3. The minimum Gasteiger partial charge on any atom is -0.490 e. The second-order valence-electron chi connectivity index (χ2n) is 5.03. The zero-order chi connectivity index (χ0) is 15.8. The molecule has 0 aliphatic heterocycles. The van der Waals surface area contributed by atoms with Crippen LogP contribution in [0.25, 0.3) is 0 Å². The molecule has 0 bridgehead atoms. The number of methoxy groups -OCH3 is 1. The Morgan fingerprint density at radius 3 is 2.57 bits per heavy atom. The van der Waals surface area contributed by atoms with Gasteiger partial charge in [-0.1, -0.05) is 6.07 Å². The van der Waals surface area contributed by atoms with E-state index in [0.717, 1.165) is 0 Å². The van der Waals surface area contributed by atoms with Crippen molar-refractivity contribution in [3.63, 3.8) is 0 Å². The second-order valence-corrected chi connectivity index (χ2v) is 5.03. The highest BCUT2D eigenvalue weighted by Crippen LogP contribution is 2.24. The third kappa shape index (κ3) is 6.39. The van der Waals surface area contributed by atoms with E-state index >= 15 is 0 Å². The van der Waals surface area contributed by atoms with E-state index in [1.165, 1.54) is 12.1 Å². The Bertz CT molecular complexity index is 428. The predicted molar refractivity (Wildman–Crippen MR) is 77.8 cm³/mol. The first kappa shape index (κ1) is 17.8. The lowest BCUT2D eigenvalue weighted by molar-refractivity contribution is -0.0424. The highest BCUT2D eigenvalue weighted by molar-refractivity contribution is 5.36. The van der Waals surface area contributed by atoms with Crippen LogP contribution in [0.15, 0.2) is 18.2 Å².